The predicted octanol–water partition coefficient (Wildman–Crippen LogP) is 0.182. The standard InChI is InChI=1S/C15H19N3O5/c1-9(19)17-11-6-4-3-5-10(11)15(22)18-12(14(16)21)7-8-13(20)23-2/h3-6,12H,7-8H2,1-2H3,(H2,16,21)(H,17,19)(H,18,22)/t12-/m0/s1. The van der Waals surface area contributed by atoms with Gasteiger partial charge in [-0.25, -0.2) is 0 Å². The summed E-state index contributed by atoms with van der Waals surface area (Å²) in [4.78, 5) is 46.0. The number of ether oxygens (including phenoxy) is 1. The van der Waals surface area contributed by atoms with E-state index in [0.717, 1.165) is 0 Å². The van der Waals surface area contributed by atoms with Crippen LogP contribution in [-0.4, -0.2) is 36.8 Å². The van der Waals surface area contributed by atoms with E-state index in [9.17, 15) is 19.2 Å². The maximum Gasteiger partial charge on any atom is 0.305 e. The molecule has 0 aliphatic rings. The number of anilines is 1. The number of carbonyl (C=O) groups excluding carboxylic acids is 4. The van der Waals surface area contributed by atoms with Crippen molar-refractivity contribution in [2.75, 3.05) is 12.4 Å². The highest BCUT2D eigenvalue weighted by molar-refractivity contribution is 6.04. The van der Waals surface area contributed by atoms with Gasteiger partial charge in [0.15, 0.2) is 0 Å². The Balaban J connectivity index is 2.85. The molecule has 124 valence electrons. The molecule has 3 amide bonds. The van der Waals surface area contributed by atoms with Gasteiger partial charge in [0.05, 0.1) is 18.4 Å². The van der Waals surface area contributed by atoms with Crippen LogP contribution in [0.15, 0.2) is 24.3 Å². The van der Waals surface area contributed by atoms with Crippen molar-refractivity contribution < 1.29 is 23.9 Å². The molecule has 8 nitrogen and oxygen atoms in total. The Morgan fingerprint density at radius 1 is 1.22 bits per heavy atom. The van der Waals surface area contributed by atoms with Gasteiger partial charge in [0.2, 0.25) is 11.8 Å². The lowest BCUT2D eigenvalue weighted by molar-refractivity contribution is -0.140. The molecule has 23 heavy (non-hydrogen) atoms. The molecule has 1 aromatic rings. The zero-order chi connectivity index (χ0) is 17.4. The molecule has 0 aliphatic carbocycles. The molecule has 0 radical (unpaired) electrons. The van der Waals surface area contributed by atoms with Crippen molar-refractivity contribution in [2.24, 2.45) is 5.73 Å². The Bertz CT molecular complexity index is 615. The van der Waals surface area contributed by atoms with Crippen molar-refractivity contribution in [2.45, 2.75) is 25.8 Å². The maximum absolute atomic E-state index is 12.3. The Hall–Kier alpha value is -2.90. The molecule has 0 aliphatic heterocycles. The first kappa shape index (κ1) is 18.1. The summed E-state index contributed by atoms with van der Waals surface area (Å²) in [5, 5.41) is 4.98. The van der Waals surface area contributed by atoms with Gasteiger partial charge in [-0.3, -0.25) is 19.2 Å². The summed E-state index contributed by atoms with van der Waals surface area (Å²) in [6.07, 6.45) is -0.0339. The molecule has 0 saturated heterocycles. The number of hydrogen-bond acceptors (Lipinski definition) is 5. The highest BCUT2D eigenvalue weighted by atomic mass is 16.5. The zero-order valence-electron chi connectivity index (χ0n) is 12.9. The van der Waals surface area contributed by atoms with Crippen LogP contribution >= 0.6 is 0 Å². The molecule has 1 aromatic carbocycles. The monoisotopic (exact) mass is 321 g/mol. The summed E-state index contributed by atoms with van der Waals surface area (Å²) in [7, 11) is 1.23. The Morgan fingerprint density at radius 2 is 1.87 bits per heavy atom. The second-order valence-electron chi connectivity index (χ2n) is 4.77. The molecule has 0 heterocycles. The number of primary amides is 1. The molecule has 8 heteroatoms. The van der Waals surface area contributed by atoms with E-state index < -0.39 is 23.8 Å². The van der Waals surface area contributed by atoms with Gasteiger partial charge in [-0.15, -0.1) is 0 Å². The molecule has 4 N–H and O–H groups in total. The van der Waals surface area contributed by atoms with Crippen LogP contribution in [-0.2, 0) is 19.1 Å². The minimum atomic E-state index is -1.02. The number of hydrogen-bond donors (Lipinski definition) is 3. The fourth-order valence-corrected chi connectivity index (χ4v) is 1.87. The van der Waals surface area contributed by atoms with Crippen molar-refractivity contribution in [1.82, 2.24) is 5.32 Å². The summed E-state index contributed by atoms with van der Waals surface area (Å²) in [6.45, 7) is 1.32. The maximum atomic E-state index is 12.3. The summed E-state index contributed by atoms with van der Waals surface area (Å²) in [5.41, 5.74) is 5.73. The van der Waals surface area contributed by atoms with Crippen LogP contribution in [0.5, 0.6) is 0 Å². The van der Waals surface area contributed by atoms with E-state index in [-0.39, 0.29) is 24.3 Å². The lowest BCUT2D eigenvalue weighted by Crippen LogP contribution is -2.44. The number of rotatable bonds is 7. The van der Waals surface area contributed by atoms with Crippen LogP contribution in [0.4, 0.5) is 5.69 Å². The van der Waals surface area contributed by atoms with Crippen molar-refractivity contribution in [1.29, 1.82) is 0 Å². The van der Waals surface area contributed by atoms with Crippen molar-refractivity contribution in [3.05, 3.63) is 29.8 Å². The largest absolute Gasteiger partial charge is 0.469 e. The van der Waals surface area contributed by atoms with Crippen molar-refractivity contribution in [3.8, 4) is 0 Å². The quantitative estimate of drug-likeness (QED) is 0.617. The van der Waals surface area contributed by atoms with Crippen LogP contribution in [0, 0.1) is 0 Å². The van der Waals surface area contributed by atoms with Crippen LogP contribution in [0.2, 0.25) is 0 Å². The first-order chi connectivity index (χ1) is 10.8. The van der Waals surface area contributed by atoms with Gasteiger partial charge in [0, 0.05) is 13.3 Å². The van der Waals surface area contributed by atoms with E-state index in [4.69, 9.17) is 5.73 Å². The van der Waals surface area contributed by atoms with E-state index in [0.29, 0.717) is 5.69 Å². The first-order valence-corrected chi connectivity index (χ1v) is 6.88. The molecule has 0 saturated carbocycles. The number of nitrogens with two attached hydrogens (primary N) is 1. The van der Waals surface area contributed by atoms with Crippen molar-refractivity contribution in [3.63, 3.8) is 0 Å². The molecule has 0 aromatic heterocycles. The molecular formula is C15H19N3O5. The average molecular weight is 321 g/mol. The number of benzene rings is 1. The molecule has 0 spiro atoms. The van der Waals surface area contributed by atoms with E-state index in [1.165, 1.54) is 20.1 Å². The topological polar surface area (TPSA) is 128 Å². The minimum absolute atomic E-state index is 0.0239. The number of para-hydroxylation sites is 1. The number of carbonyl (C=O) groups is 4. The predicted molar refractivity (Wildman–Crippen MR) is 82.4 cm³/mol. The van der Waals surface area contributed by atoms with Crippen molar-refractivity contribution >= 4 is 29.4 Å². The van der Waals surface area contributed by atoms with Crippen LogP contribution in [0.1, 0.15) is 30.1 Å². The highest BCUT2D eigenvalue weighted by Crippen LogP contribution is 2.15. The number of nitrogens with one attached hydrogen (secondary N) is 2. The lowest BCUT2D eigenvalue weighted by atomic mass is 10.1. The molecule has 0 fully saturated rings. The van der Waals surface area contributed by atoms with Crippen LogP contribution in [0.25, 0.3) is 0 Å². The third-order valence-corrected chi connectivity index (χ3v) is 3.00. The Labute approximate surface area is 133 Å². The molecule has 0 unspecified atom stereocenters. The van der Waals surface area contributed by atoms with Crippen LogP contribution < -0.4 is 16.4 Å². The van der Waals surface area contributed by atoms with Gasteiger partial charge in [-0.2, -0.15) is 0 Å². The van der Waals surface area contributed by atoms with E-state index in [1.807, 2.05) is 0 Å². The number of methoxy groups -OCH3 is 1. The summed E-state index contributed by atoms with van der Waals surface area (Å²) in [6, 6.07) is 5.31. The van der Waals surface area contributed by atoms with Gasteiger partial charge in [0.25, 0.3) is 5.91 Å². The van der Waals surface area contributed by atoms with Gasteiger partial charge < -0.3 is 21.1 Å². The second-order valence-corrected chi connectivity index (χ2v) is 4.77. The zero-order valence-corrected chi connectivity index (χ0v) is 12.9. The van der Waals surface area contributed by atoms with Gasteiger partial charge >= 0.3 is 5.97 Å². The number of amides is 3. The Morgan fingerprint density at radius 3 is 2.43 bits per heavy atom. The van der Waals surface area contributed by atoms with E-state index in [1.54, 1.807) is 18.2 Å². The fourth-order valence-electron chi connectivity index (χ4n) is 1.87. The molecule has 1 rings (SSSR count). The molecule has 0 bridgehead atoms. The Kier molecular flexibility index (Phi) is 6.72. The first-order valence-electron chi connectivity index (χ1n) is 6.88. The number of esters is 1. The third kappa shape index (κ3) is 5.77. The highest BCUT2D eigenvalue weighted by Gasteiger charge is 2.21. The lowest BCUT2D eigenvalue weighted by Gasteiger charge is -2.16. The summed E-state index contributed by atoms with van der Waals surface area (Å²) in [5.74, 6) is -2.19. The van der Waals surface area contributed by atoms with Gasteiger partial charge in [0.1, 0.15) is 6.04 Å². The second kappa shape index (κ2) is 8.52. The molecule has 1 atom stereocenters. The SMILES string of the molecule is COC(=O)CC[C@H](NC(=O)c1ccccc1NC(C)=O)C(N)=O. The normalized spacial score (nSPS) is 11.2. The molecular weight excluding hydrogens is 302 g/mol. The van der Waals surface area contributed by atoms with Gasteiger partial charge in [-0.1, -0.05) is 12.1 Å². The van der Waals surface area contributed by atoms with E-state index >= 15 is 0 Å². The summed E-state index contributed by atoms with van der Waals surface area (Å²) < 4.78 is 4.48. The third-order valence-electron chi connectivity index (χ3n) is 3.00. The van der Waals surface area contributed by atoms with Crippen LogP contribution in [0.3, 0.4) is 0 Å². The fraction of sp³-hybridized carbons (Fsp3) is 0.333. The average Bonchev–Trinajstić information content (AvgIpc) is 2.50. The van der Waals surface area contributed by atoms with E-state index in [2.05, 4.69) is 15.4 Å². The van der Waals surface area contributed by atoms with Gasteiger partial charge in [-0.05, 0) is 18.6 Å². The summed E-state index contributed by atoms with van der Waals surface area (Å²) >= 11 is 0. The minimum Gasteiger partial charge on any atom is -0.469 e. The smallest absolute Gasteiger partial charge is 0.305 e.